The molecule has 4 heteroatoms. The minimum Gasteiger partial charge on any atom is -0.440 e. The maximum absolute atomic E-state index is 6.01. The van der Waals surface area contributed by atoms with Gasteiger partial charge in [0.05, 0.1) is 0 Å². The molecule has 1 aromatic carbocycles. The van der Waals surface area contributed by atoms with Crippen LogP contribution in [0, 0.1) is 12.8 Å². The number of fused-ring (bicyclic) bond motifs is 1. The van der Waals surface area contributed by atoms with Gasteiger partial charge in [-0.3, -0.25) is 0 Å². The van der Waals surface area contributed by atoms with Crippen molar-refractivity contribution in [2.24, 2.45) is 11.7 Å². The van der Waals surface area contributed by atoms with Gasteiger partial charge >= 0.3 is 0 Å². The summed E-state index contributed by atoms with van der Waals surface area (Å²) < 4.78 is 5.78. The van der Waals surface area contributed by atoms with Gasteiger partial charge in [-0.15, -0.1) is 0 Å². The van der Waals surface area contributed by atoms with Crippen molar-refractivity contribution in [2.75, 3.05) is 6.54 Å². The molecule has 0 aliphatic rings. The lowest BCUT2D eigenvalue weighted by atomic mass is 10.0. The maximum atomic E-state index is 6.01. The zero-order valence-corrected chi connectivity index (χ0v) is 11.6. The first-order valence-corrected chi connectivity index (χ1v) is 6.73. The lowest BCUT2D eigenvalue weighted by Crippen LogP contribution is -2.06. The van der Waals surface area contributed by atoms with Crippen molar-refractivity contribution in [1.29, 1.82) is 0 Å². The topological polar surface area (TPSA) is 52.0 Å². The molecule has 2 rings (SSSR count). The van der Waals surface area contributed by atoms with Gasteiger partial charge in [0.25, 0.3) is 0 Å². The molecule has 0 amide bonds. The van der Waals surface area contributed by atoms with Crippen LogP contribution in [-0.4, -0.2) is 11.5 Å². The molecular weight excluding hydrogens is 248 g/mol. The molecule has 1 atom stereocenters. The molecule has 1 aromatic heterocycles. The maximum Gasteiger partial charge on any atom is 0.195 e. The van der Waals surface area contributed by atoms with Crippen LogP contribution in [0.15, 0.2) is 16.5 Å². The second-order valence-corrected chi connectivity index (χ2v) is 5.34. The normalized spacial score (nSPS) is 13.1. The summed E-state index contributed by atoms with van der Waals surface area (Å²) >= 11 is 6.01. The lowest BCUT2D eigenvalue weighted by molar-refractivity contribution is 0.450. The van der Waals surface area contributed by atoms with Gasteiger partial charge in [-0.05, 0) is 49.9 Å². The monoisotopic (exact) mass is 266 g/mol. The fourth-order valence-electron chi connectivity index (χ4n) is 2.11. The highest BCUT2D eigenvalue weighted by Crippen LogP contribution is 2.25. The number of hydrogen-bond acceptors (Lipinski definition) is 3. The second kappa shape index (κ2) is 5.72. The molecule has 1 heterocycles. The standard InChI is InChI=1S/C14H19ClN2O/c1-9(5-6-16)3-4-13-17-12-8-11(15)7-10(2)14(12)18-13/h7-9H,3-6,16H2,1-2H3. The first kappa shape index (κ1) is 13.4. The van der Waals surface area contributed by atoms with Gasteiger partial charge in [0.15, 0.2) is 11.5 Å². The largest absolute Gasteiger partial charge is 0.440 e. The van der Waals surface area contributed by atoms with Gasteiger partial charge in [0, 0.05) is 11.4 Å². The molecule has 0 aliphatic carbocycles. The summed E-state index contributed by atoms with van der Waals surface area (Å²) in [5.74, 6) is 1.40. The highest BCUT2D eigenvalue weighted by molar-refractivity contribution is 6.31. The average Bonchev–Trinajstić information content (AvgIpc) is 2.70. The van der Waals surface area contributed by atoms with Gasteiger partial charge in [-0.1, -0.05) is 18.5 Å². The number of nitrogens with two attached hydrogens (primary N) is 1. The van der Waals surface area contributed by atoms with E-state index in [1.165, 1.54) is 0 Å². The summed E-state index contributed by atoms with van der Waals surface area (Å²) in [6.07, 6.45) is 2.95. The highest BCUT2D eigenvalue weighted by Gasteiger charge is 2.10. The lowest BCUT2D eigenvalue weighted by Gasteiger charge is -2.06. The van der Waals surface area contributed by atoms with Crippen molar-refractivity contribution < 1.29 is 4.42 Å². The fourth-order valence-corrected chi connectivity index (χ4v) is 2.38. The summed E-state index contributed by atoms with van der Waals surface area (Å²) in [7, 11) is 0. The Balaban J connectivity index is 2.13. The molecule has 2 N–H and O–H groups in total. The molecular formula is C14H19ClN2O. The number of aryl methyl sites for hydroxylation is 2. The highest BCUT2D eigenvalue weighted by atomic mass is 35.5. The number of benzene rings is 1. The Morgan fingerprint density at radius 2 is 2.17 bits per heavy atom. The van der Waals surface area contributed by atoms with Gasteiger partial charge in [0.1, 0.15) is 5.52 Å². The van der Waals surface area contributed by atoms with Crippen LogP contribution in [0.2, 0.25) is 5.02 Å². The van der Waals surface area contributed by atoms with E-state index in [1.807, 2.05) is 19.1 Å². The van der Waals surface area contributed by atoms with Crippen LogP contribution in [0.4, 0.5) is 0 Å². The molecule has 1 unspecified atom stereocenters. The van der Waals surface area contributed by atoms with E-state index in [0.29, 0.717) is 10.9 Å². The van der Waals surface area contributed by atoms with Crippen molar-refractivity contribution in [3.05, 3.63) is 28.6 Å². The summed E-state index contributed by atoms with van der Waals surface area (Å²) in [5.41, 5.74) is 8.27. The van der Waals surface area contributed by atoms with Crippen molar-refractivity contribution >= 4 is 22.7 Å². The van der Waals surface area contributed by atoms with Crippen LogP contribution >= 0.6 is 11.6 Å². The molecule has 0 saturated carbocycles. The predicted molar refractivity (Wildman–Crippen MR) is 74.9 cm³/mol. The van der Waals surface area contributed by atoms with Crippen LogP contribution in [0.5, 0.6) is 0 Å². The van der Waals surface area contributed by atoms with Crippen LogP contribution in [0.1, 0.15) is 31.2 Å². The van der Waals surface area contributed by atoms with E-state index in [-0.39, 0.29) is 0 Å². The molecule has 18 heavy (non-hydrogen) atoms. The summed E-state index contributed by atoms with van der Waals surface area (Å²) in [6.45, 7) is 4.93. The number of oxazole rings is 1. The van der Waals surface area contributed by atoms with Crippen LogP contribution < -0.4 is 5.73 Å². The number of hydrogen-bond donors (Lipinski definition) is 1. The van der Waals surface area contributed by atoms with E-state index in [9.17, 15) is 0 Å². The Morgan fingerprint density at radius 3 is 2.89 bits per heavy atom. The summed E-state index contributed by atoms with van der Waals surface area (Å²) in [5, 5.41) is 0.705. The van der Waals surface area contributed by atoms with E-state index < -0.39 is 0 Å². The Morgan fingerprint density at radius 1 is 1.39 bits per heavy atom. The van der Waals surface area contributed by atoms with Crippen LogP contribution in [0.25, 0.3) is 11.1 Å². The van der Waals surface area contributed by atoms with Crippen molar-refractivity contribution in [1.82, 2.24) is 4.98 Å². The Labute approximate surface area is 112 Å². The molecule has 0 fully saturated rings. The first-order chi connectivity index (χ1) is 8.60. The molecule has 98 valence electrons. The molecule has 0 spiro atoms. The van der Waals surface area contributed by atoms with Gasteiger partial charge < -0.3 is 10.2 Å². The fraction of sp³-hybridized carbons (Fsp3) is 0.500. The molecule has 3 nitrogen and oxygen atoms in total. The number of rotatable bonds is 5. The van der Waals surface area contributed by atoms with Crippen molar-refractivity contribution in [3.63, 3.8) is 0 Å². The average molecular weight is 267 g/mol. The van der Waals surface area contributed by atoms with Crippen LogP contribution in [-0.2, 0) is 6.42 Å². The minimum atomic E-state index is 0.606. The van der Waals surface area contributed by atoms with Gasteiger partial charge in [-0.25, -0.2) is 4.98 Å². The number of nitrogens with zero attached hydrogens (tertiary/aromatic N) is 1. The van der Waals surface area contributed by atoms with Crippen LogP contribution in [0.3, 0.4) is 0 Å². The molecule has 0 saturated heterocycles. The van der Waals surface area contributed by atoms with E-state index in [2.05, 4.69) is 11.9 Å². The minimum absolute atomic E-state index is 0.606. The second-order valence-electron chi connectivity index (χ2n) is 4.90. The Bertz CT molecular complexity index is 536. The summed E-state index contributed by atoms with van der Waals surface area (Å²) in [4.78, 5) is 4.48. The first-order valence-electron chi connectivity index (χ1n) is 6.35. The SMILES string of the molecule is Cc1cc(Cl)cc2nc(CCC(C)CCN)oc12. The number of aromatic nitrogens is 1. The zero-order valence-electron chi connectivity index (χ0n) is 10.9. The van der Waals surface area contributed by atoms with Crippen molar-refractivity contribution in [2.45, 2.75) is 33.1 Å². The van der Waals surface area contributed by atoms with Gasteiger partial charge in [0.2, 0.25) is 0 Å². The zero-order chi connectivity index (χ0) is 13.1. The number of halogens is 1. The molecule has 0 bridgehead atoms. The van der Waals surface area contributed by atoms with Gasteiger partial charge in [-0.2, -0.15) is 0 Å². The Kier molecular flexibility index (Phi) is 4.25. The van der Waals surface area contributed by atoms with Crippen molar-refractivity contribution in [3.8, 4) is 0 Å². The predicted octanol–water partition coefficient (Wildman–Crippen LogP) is 3.71. The smallest absolute Gasteiger partial charge is 0.195 e. The summed E-state index contributed by atoms with van der Waals surface area (Å²) in [6, 6.07) is 3.75. The molecule has 0 radical (unpaired) electrons. The van der Waals surface area contributed by atoms with E-state index in [1.54, 1.807) is 0 Å². The third kappa shape index (κ3) is 3.03. The quantitative estimate of drug-likeness (QED) is 0.898. The molecule has 0 aliphatic heterocycles. The van der Waals surface area contributed by atoms with E-state index in [0.717, 1.165) is 48.4 Å². The van der Waals surface area contributed by atoms with E-state index in [4.69, 9.17) is 21.8 Å². The Hall–Kier alpha value is -1.06. The third-order valence-corrected chi connectivity index (χ3v) is 3.41. The van der Waals surface area contributed by atoms with E-state index >= 15 is 0 Å². The third-order valence-electron chi connectivity index (χ3n) is 3.20. The molecule has 2 aromatic rings.